The Kier molecular flexibility index (Phi) is 5.62. The third-order valence-corrected chi connectivity index (χ3v) is 5.54. The molecule has 2 aromatic carbocycles. The van der Waals surface area contributed by atoms with Crippen LogP contribution in [0.15, 0.2) is 48.7 Å². The van der Waals surface area contributed by atoms with Crippen molar-refractivity contribution in [3.05, 3.63) is 70.9 Å². The molecule has 0 spiro atoms. The molecule has 29 heavy (non-hydrogen) atoms. The van der Waals surface area contributed by atoms with Crippen molar-refractivity contribution in [2.24, 2.45) is 0 Å². The summed E-state index contributed by atoms with van der Waals surface area (Å²) in [5, 5.41) is 8.09. The van der Waals surface area contributed by atoms with Gasteiger partial charge in [-0.25, -0.2) is 8.78 Å². The van der Waals surface area contributed by atoms with Crippen molar-refractivity contribution >= 4 is 34.1 Å². The molecule has 2 N–H and O–H groups in total. The number of carbonyl (C=O) groups excluding carboxylic acids is 1. The van der Waals surface area contributed by atoms with Gasteiger partial charge in [-0.05, 0) is 62.1 Å². The van der Waals surface area contributed by atoms with Crippen LogP contribution in [0.2, 0.25) is 5.02 Å². The minimum atomic E-state index is -0.845. The highest BCUT2D eigenvalue weighted by Crippen LogP contribution is 2.28. The SMILES string of the molecule is O=C(N[C@H]1CC[C@@H](Nc2ccnc3cc(Cl)ccc23)CC1)c1ccc(F)cc1F. The van der Waals surface area contributed by atoms with Crippen molar-refractivity contribution in [2.45, 2.75) is 37.8 Å². The van der Waals surface area contributed by atoms with E-state index in [1.54, 1.807) is 6.20 Å². The smallest absolute Gasteiger partial charge is 0.254 e. The zero-order valence-corrected chi connectivity index (χ0v) is 16.3. The summed E-state index contributed by atoms with van der Waals surface area (Å²) in [5.41, 5.74) is 1.71. The van der Waals surface area contributed by atoms with E-state index in [1.165, 1.54) is 6.07 Å². The molecule has 0 unspecified atom stereocenters. The number of pyridine rings is 1. The molecule has 1 heterocycles. The quantitative estimate of drug-likeness (QED) is 0.606. The van der Waals surface area contributed by atoms with Crippen LogP contribution in [0.5, 0.6) is 0 Å². The molecule has 1 aliphatic rings. The van der Waals surface area contributed by atoms with E-state index in [0.29, 0.717) is 5.02 Å². The maximum atomic E-state index is 13.8. The second kappa shape index (κ2) is 8.33. The number of rotatable bonds is 4. The van der Waals surface area contributed by atoms with Crippen molar-refractivity contribution in [1.29, 1.82) is 0 Å². The first kappa shape index (κ1) is 19.6. The van der Waals surface area contributed by atoms with Crippen molar-refractivity contribution in [3.8, 4) is 0 Å². The van der Waals surface area contributed by atoms with E-state index in [-0.39, 0.29) is 17.6 Å². The Balaban J connectivity index is 1.36. The van der Waals surface area contributed by atoms with Crippen LogP contribution in [0.4, 0.5) is 14.5 Å². The van der Waals surface area contributed by atoms with Crippen molar-refractivity contribution < 1.29 is 13.6 Å². The fourth-order valence-electron chi connectivity index (χ4n) is 3.79. The van der Waals surface area contributed by atoms with E-state index in [1.807, 2.05) is 24.3 Å². The summed E-state index contributed by atoms with van der Waals surface area (Å²) in [6.07, 6.45) is 5.05. The molecular weight excluding hydrogens is 396 g/mol. The molecule has 1 saturated carbocycles. The Morgan fingerprint density at radius 2 is 1.76 bits per heavy atom. The highest BCUT2D eigenvalue weighted by molar-refractivity contribution is 6.31. The Labute approximate surface area is 172 Å². The topological polar surface area (TPSA) is 54.0 Å². The molecule has 150 valence electrons. The highest BCUT2D eigenvalue weighted by atomic mass is 35.5. The lowest BCUT2D eigenvalue weighted by Gasteiger charge is -2.30. The molecule has 3 aromatic rings. The Hall–Kier alpha value is -2.73. The molecule has 0 saturated heterocycles. The standard InChI is InChI=1S/C22H20ClF2N3O/c23-13-1-7-18-20(9-10-26-21(18)11-13)27-15-3-5-16(6-4-15)28-22(29)17-8-2-14(24)12-19(17)25/h1-2,7-12,15-16H,3-6H2,(H,26,27)(H,28,29)/t15-,16+. The van der Waals surface area contributed by atoms with Crippen molar-refractivity contribution in [3.63, 3.8) is 0 Å². The summed E-state index contributed by atoms with van der Waals surface area (Å²) in [5.74, 6) is -2.05. The van der Waals surface area contributed by atoms with Gasteiger partial charge in [-0.3, -0.25) is 9.78 Å². The summed E-state index contributed by atoms with van der Waals surface area (Å²) < 4.78 is 26.8. The fraction of sp³-hybridized carbons (Fsp3) is 0.273. The average Bonchev–Trinajstić information content (AvgIpc) is 2.69. The lowest BCUT2D eigenvalue weighted by Crippen LogP contribution is -2.40. The van der Waals surface area contributed by atoms with Gasteiger partial charge in [-0.1, -0.05) is 11.6 Å². The second-order valence-corrected chi connectivity index (χ2v) is 7.75. The minimum absolute atomic E-state index is 0.0296. The van der Waals surface area contributed by atoms with Gasteiger partial charge < -0.3 is 10.6 Å². The molecule has 0 bridgehead atoms. The zero-order valence-electron chi connectivity index (χ0n) is 15.6. The first-order chi connectivity index (χ1) is 14.0. The number of anilines is 1. The lowest BCUT2D eigenvalue weighted by molar-refractivity contribution is 0.0922. The van der Waals surface area contributed by atoms with Crippen molar-refractivity contribution in [1.82, 2.24) is 10.3 Å². The number of carbonyl (C=O) groups is 1. The van der Waals surface area contributed by atoms with E-state index in [4.69, 9.17) is 11.6 Å². The molecule has 4 nitrogen and oxygen atoms in total. The average molecular weight is 416 g/mol. The number of amides is 1. The first-order valence-corrected chi connectivity index (χ1v) is 9.94. The number of benzene rings is 2. The molecular formula is C22H20ClF2N3O. The third kappa shape index (κ3) is 4.48. The van der Waals surface area contributed by atoms with E-state index >= 15 is 0 Å². The van der Waals surface area contributed by atoms with Crippen LogP contribution in [0.25, 0.3) is 10.9 Å². The predicted molar refractivity (Wildman–Crippen MR) is 110 cm³/mol. The van der Waals surface area contributed by atoms with Crippen molar-refractivity contribution in [2.75, 3.05) is 5.32 Å². The Bertz CT molecular complexity index is 1050. The van der Waals surface area contributed by atoms with Crippen LogP contribution in [0, 0.1) is 11.6 Å². The largest absolute Gasteiger partial charge is 0.382 e. The summed E-state index contributed by atoms with van der Waals surface area (Å²) in [6.45, 7) is 0. The fourth-order valence-corrected chi connectivity index (χ4v) is 3.95. The monoisotopic (exact) mass is 415 g/mol. The van der Waals surface area contributed by atoms with Gasteiger partial charge in [0.25, 0.3) is 5.91 Å². The summed E-state index contributed by atoms with van der Waals surface area (Å²) in [4.78, 5) is 16.6. The molecule has 0 radical (unpaired) electrons. The second-order valence-electron chi connectivity index (χ2n) is 7.31. The minimum Gasteiger partial charge on any atom is -0.382 e. The summed E-state index contributed by atoms with van der Waals surface area (Å²) in [7, 11) is 0. The Morgan fingerprint density at radius 1 is 1.00 bits per heavy atom. The van der Waals surface area contributed by atoms with Gasteiger partial charge in [0.1, 0.15) is 11.6 Å². The third-order valence-electron chi connectivity index (χ3n) is 5.30. The van der Waals surface area contributed by atoms with Crippen LogP contribution in [-0.2, 0) is 0 Å². The van der Waals surface area contributed by atoms with Gasteiger partial charge >= 0.3 is 0 Å². The van der Waals surface area contributed by atoms with Crippen LogP contribution in [0.1, 0.15) is 36.0 Å². The maximum absolute atomic E-state index is 13.8. The number of halogens is 3. The molecule has 1 amide bonds. The van der Waals surface area contributed by atoms with Crippen LogP contribution in [0.3, 0.4) is 0 Å². The number of nitrogens with one attached hydrogen (secondary N) is 2. The predicted octanol–water partition coefficient (Wildman–Crippen LogP) is 5.32. The maximum Gasteiger partial charge on any atom is 0.254 e. The van der Waals surface area contributed by atoms with Gasteiger partial charge in [0, 0.05) is 40.4 Å². The number of hydrogen-bond donors (Lipinski definition) is 2. The molecule has 1 aliphatic carbocycles. The van der Waals surface area contributed by atoms with Gasteiger partial charge in [0.2, 0.25) is 0 Å². The van der Waals surface area contributed by atoms with E-state index < -0.39 is 17.5 Å². The van der Waals surface area contributed by atoms with Gasteiger partial charge in [-0.2, -0.15) is 0 Å². The molecule has 1 aromatic heterocycles. The highest BCUT2D eigenvalue weighted by Gasteiger charge is 2.24. The number of aromatic nitrogens is 1. The molecule has 1 fully saturated rings. The molecule has 0 aliphatic heterocycles. The van der Waals surface area contributed by atoms with E-state index in [2.05, 4.69) is 15.6 Å². The van der Waals surface area contributed by atoms with Crippen LogP contribution < -0.4 is 10.6 Å². The normalized spacial score (nSPS) is 19.1. The number of hydrogen-bond acceptors (Lipinski definition) is 3. The van der Waals surface area contributed by atoms with Gasteiger partial charge in [0.05, 0.1) is 11.1 Å². The zero-order chi connectivity index (χ0) is 20.4. The van der Waals surface area contributed by atoms with E-state index in [9.17, 15) is 13.6 Å². The molecule has 4 rings (SSSR count). The van der Waals surface area contributed by atoms with Crippen LogP contribution >= 0.6 is 11.6 Å². The van der Waals surface area contributed by atoms with Crippen LogP contribution in [-0.4, -0.2) is 23.0 Å². The summed E-state index contributed by atoms with van der Waals surface area (Å²) in [6, 6.07) is 10.8. The molecule has 0 atom stereocenters. The first-order valence-electron chi connectivity index (χ1n) is 9.56. The Morgan fingerprint density at radius 3 is 2.52 bits per heavy atom. The van der Waals surface area contributed by atoms with E-state index in [0.717, 1.165) is 54.4 Å². The molecule has 7 heteroatoms. The summed E-state index contributed by atoms with van der Waals surface area (Å²) >= 11 is 6.05. The lowest BCUT2D eigenvalue weighted by atomic mass is 9.90. The van der Waals surface area contributed by atoms with Gasteiger partial charge in [0.15, 0.2) is 0 Å². The number of fused-ring (bicyclic) bond motifs is 1. The van der Waals surface area contributed by atoms with Gasteiger partial charge in [-0.15, -0.1) is 0 Å². The number of nitrogens with zero attached hydrogens (tertiary/aromatic N) is 1.